The van der Waals surface area contributed by atoms with Crippen LogP contribution in [0.3, 0.4) is 0 Å². The van der Waals surface area contributed by atoms with E-state index in [1.54, 1.807) is 49.9 Å². The van der Waals surface area contributed by atoms with Gasteiger partial charge in [-0.2, -0.15) is 0 Å². The molecular formula is C52H61Cl2N7O7. The molecule has 4 unspecified atom stereocenters. The van der Waals surface area contributed by atoms with Crippen molar-refractivity contribution in [2.45, 2.75) is 89.3 Å². The van der Waals surface area contributed by atoms with Crippen molar-refractivity contribution in [1.82, 2.24) is 34.9 Å². The van der Waals surface area contributed by atoms with Crippen molar-refractivity contribution >= 4 is 46.9 Å². The highest BCUT2D eigenvalue weighted by atomic mass is 35.5. The summed E-state index contributed by atoms with van der Waals surface area (Å²) in [6.07, 6.45) is 3.27. The zero-order valence-electron chi connectivity index (χ0n) is 39.5. The first-order valence-corrected chi connectivity index (χ1v) is 23.7. The predicted octanol–water partition coefficient (Wildman–Crippen LogP) is 7.74. The molecule has 5 aromatic rings. The van der Waals surface area contributed by atoms with Crippen LogP contribution in [0.5, 0.6) is 11.5 Å². The molecule has 0 saturated carbocycles. The maximum atomic E-state index is 14.7. The summed E-state index contributed by atoms with van der Waals surface area (Å²) in [5, 5.41) is 17.6. The monoisotopic (exact) mass is 965 g/mol. The lowest BCUT2D eigenvalue weighted by Crippen LogP contribution is -2.65. The normalized spacial score (nSPS) is 18.9. The molecule has 0 aliphatic carbocycles. The number of carboxylic acid groups (broad SMARTS) is 1. The van der Waals surface area contributed by atoms with E-state index < -0.39 is 41.1 Å². The van der Waals surface area contributed by atoms with Crippen molar-refractivity contribution in [3.63, 3.8) is 0 Å². The standard InChI is InChI=1S/C52H61Cl2N7O7/c1-34(55-29-38-15-20-41(54)27-45(38)68-42-21-16-37(17-22-42)43-30-56-46(59(43)6)31-58(4)5)49(65)61-44(32-67-51(61,2)3)48(64)57-52(28-36-13-18-40(53)19-14-36)23-10-24-60(33-52)50(66)39(26-47(62)63)25-35-11-8-7-9-12-35/h7-9,11-22,27,30,34,39,44,55H,10,23-26,28-29,31-33H2,1-6H3,(H,57,64)(H,62,63). The van der Waals surface area contributed by atoms with Crippen molar-refractivity contribution in [1.29, 1.82) is 0 Å². The van der Waals surface area contributed by atoms with Crippen LogP contribution >= 0.6 is 23.2 Å². The second-order valence-corrected chi connectivity index (χ2v) is 19.6. The fourth-order valence-electron chi connectivity index (χ4n) is 9.27. The predicted molar refractivity (Wildman–Crippen MR) is 262 cm³/mol. The topological polar surface area (TPSA) is 159 Å². The number of ether oxygens (including phenoxy) is 2. The molecule has 3 heterocycles. The average molecular weight is 967 g/mol. The summed E-state index contributed by atoms with van der Waals surface area (Å²) >= 11 is 12.7. The van der Waals surface area contributed by atoms with Crippen molar-refractivity contribution in [3.8, 4) is 22.8 Å². The number of halogens is 2. The van der Waals surface area contributed by atoms with Gasteiger partial charge in [-0.15, -0.1) is 0 Å². The summed E-state index contributed by atoms with van der Waals surface area (Å²) in [6, 6.07) is 28.1. The molecule has 14 nitrogen and oxygen atoms in total. The van der Waals surface area contributed by atoms with E-state index in [1.165, 1.54) is 4.90 Å². The lowest BCUT2D eigenvalue weighted by Gasteiger charge is -2.45. The van der Waals surface area contributed by atoms with Gasteiger partial charge in [0.25, 0.3) is 0 Å². The highest BCUT2D eigenvalue weighted by Gasteiger charge is 2.50. The van der Waals surface area contributed by atoms with E-state index >= 15 is 0 Å². The zero-order valence-corrected chi connectivity index (χ0v) is 41.0. The first kappa shape index (κ1) is 50.1. The molecule has 1 aromatic heterocycles. The number of rotatable bonds is 18. The molecule has 16 heteroatoms. The van der Waals surface area contributed by atoms with E-state index in [-0.39, 0.29) is 44.4 Å². The molecule has 7 rings (SSSR count). The van der Waals surface area contributed by atoms with Gasteiger partial charge in [0.2, 0.25) is 17.7 Å². The quantitative estimate of drug-likeness (QED) is 0.0794. The third kappa shape index (κ3) is 12.3. The number of hydrogen-bond acceptors (Lipinski definition) is 9. The number of nitrogens with zero attached hydrogens (tertiary/aromatic N) is 5. The number of hydrogen-bond donors (Lipinski definition) is 3. The van der Waals surface area contributed by atoms with Crippen LogP contribution in [-0.4, -0.2) is 110 Å². The molecule has 4 atom stereocenters. The maximum absolute atomic E-state index is 14.7. The van der Waals surface area contributed by atoms with Gasteiger partial charge < -0.3 is 39.6 Å². The van der Waals surface area contributed by atoms with Crippen LogP contribution in [0.1, 0.15) is 62.5 Å². The smallest absolute Gasteiger partial charge is 0.304 e. The minimum Gasteiger partial charge on any atom is -0.481 e. The Morgan fingerprint density at radius 2 is 1.65 bits per heavy atom. The van der Waals surface area contributed by atoms with Gasteiger partial charge in [-0.3, -0.25) is 24.1 Å². The van der Waals surface area contributed by atoms with Crippen molar-refractivity contribution < 1.29 is 33.8 Å². The van der Waals surface area contributed by atoms with E-state index in [0.29, 0.717) is 47.4 Å². The van der Waals surface area contributed by atoms with E-state index in [2.05, 4.69) is 25.1 Å². The SMILES string of the molecule is CC(NCc1ccc(Cl)cc1Oc1ccc(-c2cnc(CN(C)C)n2C)cc1)C(=O)N1C(C(=O)NC2(Cc3ccc(Cl)cc3)CCCN(C(=O)C(CC(=O)O)Cc3ccccc3)C2)COC1(C)C. The van der Waals surface area contributed by atoms with Gasteiger partial charge in [0.1, 0.15) is 29.1 Å². The van der Waals surface area contributed by atoms with Crippen LogP contribution in [0.2, 0.25) is 10.0 Å². The molecule has 3 N–H and O–H groups in total. The Labute approximate surface area is 408 Å². The highest BCUT2D eigenvalue weighted by molar-refractivity contribution is 6.31. The van der Waals surface area contributed by atoms with Gasteiger partial charge in [-0.05, 0) is 120 Å². The molecule has 0 radical (unpaired) electrons. The number of nitrogens with one attached hydrogen (secondary N) is 2. The first-order valence-electron chi connectivity index (χ1n) is 22.9. The summed E-state index contributed by atoms with van der Waals surface area (Å²) in [5.74, 6) is -0.815. The van der Waals surface area contributed by atoms with Gasteiger partial charge in [0.15, 0.2) is 0 Å². The van der Waals surface area contributed by atoms with Crippen LogP contribution < -0.4 is 15.4 Å². The third-order valence-electron chi connectivity index (χ3n) is 12.8. The molecule has 2 saturated heterocycles. The number of imidazole rings is 1. The number of aromatic nitrogens is 2. The molecule has 4 aromatic carbocycles. The highest BCUT2D eigenvalue weighted by Crippen LogP contribution is 2.34. The van der Waals surface area contributed by atoms with Crippen LogP contribution in [-0.2, 0) is 56.9 Å². The van der Waals surface area contributed by atoms with Gasteiger partial charge in [-0.25, -0.2) is 4.98 Å². The second-order valence-electron chi connectivity index (χ2n) is 18.7. The summed E-state index contributed by atoms with van der Waals surface area (Å²) < 4.78 is 14.6. The van der Waals surface area contributed by atoms with Gasteiger partial charge in [-0.1, -0.05) is 71.7 Å². The Hall–Kier alpha value is -5.77. The van der Waals surface area contributed by atoms with Crippen LogP contribution in [0, 0.1) is 5.92 Å². The molecule has 3 amide bonds. The largest absolute Gasteiger partial charge is 0.481 e. The number of benzene rings is 4. The average Bonchev–Trinajstić information content (AvgIpc) is 3.83. The Bertz CT molecular complexity index is 2570. The fraction of sp³-hybridized carbons (Fsp3) is 0.404. The molecule has 68 heavy (non-hydrogen) atoms. The van der Waals surface area contributed by atoms with Crippen LogP contribution in [0.15, 0.2) is 103 Å². The van der Waals surface area contributed by atoms with Crippen LogP contribution in [0.25, 0.3) is 11.3 Å². The van der Waals surface area contributed by atoms with E-state index in [9.17, 15) is 24.3 Å². The zero-order chi connectivity index (χ0) is 48.8. The number of piperidine rings is 1. The van der Waals surface area contributed by atoms with Crippen molar-refractivity contribution in [2.24, 2.45) is 13.0 Å². The summed E-state index contributed by atoms with van der Waals surface area (Å²) in [6.45, 7) is 6.75. The third-order valence-corrected chi connectivity index (χ3v) is 13.3. The molecule has 2 aliphatic heterocycles. The van der Waals surface area contributed by atoms with Crippen LogP contribution in [0.4, 0.5) is 0 Å². The van der Waals surface area contributed by atoms with E-state index in [4.69, 9.17) is 32.7 Å². The Morgan fingerprint density at radius 1 is 0.941 bits per heavy atom. The Kier molecular flexibility index (Phi) is 16.0. The maximum Gasteiger partial charge on any atom is 0.304 e. The number of carboxylic acids is 1. The second kappa shape index (κ2) is 21.7. The molecule has 2 aliphatic rings. The van der Waals surface area contributed by atoms with E-state index in [1.807, 2.05) is 100 Å². The Balaban J connectivity index is 1.06. The summed E-state index contributed by atoms with van der Waals surface area (Å²) in [7, 11) is 6.02. The number of carbonyl (C=O) groups is 4. The fourth-order valence-corrected chi connectivity index (χ4v) is 9.56. The summed E-state index contributed by atoms with van der Waals surface area (Å²) in [4.78, 5) is 65.5. The van der Waals surface area contributed by atoms with E-state index in [0.717, 1.165) is 40.3 Å². The van der Waals surface area contributed by atoms with Crippen molar-refractivity contribution in [3.05, 3.63) is 136 Å². The molecule has 0 bridgehead atoms. The number of aliphatic carboxylic acids is 1. The lowest BCUT2D eigenvalue weighted by molar-refractivity contribution is -0.152. The van der Waals surface area contributed by atoms with Gasteiger partial charge in [0, 0.05) is 47.9 Å². The number of carbonyl (C=O) groups excluding carboxylic acids is 3. The Morgan fingerprint density at radius 3 is 2.34 bits per heavy atom. The molecule has 360 valence electrons. The molecular weight excluding hydrogens is 906 g/mol. The molecule has 0 spiro atoms. The summed E-state index contributed by atoms with van der Waals surface area (Å²) in [5.41, 5.74) is 2.42. The van der Waals surface area contributed by atoms with Crippen molar-refractivity contribution in [2.75, 3.05) is 33.8 Å². The number of likely N-dealkylation sites (tertiary alicyclic amines) is 1. The lowest BCUT2D eigenvalue weighted by atomic mass is 9.81. The first-order chi connectivity index (χ1) is 32.4. The van der Waals surface area contributed by atoms with Gasteiger partial charge in [0.05, 0.1) is 49.0 Å². The number of amides is 3. The minimum absolute atomic E-state index is 0.0411. The minimum atomic E-state index is -1.13. The van der Waals surface area contributed by atoms with Gasteiger partial charge >= 0.3 is 5.97 Å². The molecule has 2 fully saturated rings.